The molecule has 2 aromatic carbocycles. The predicted molar refractivity (Wildman–Crippen MR) is 126 cm³/mol. The second-order valence-electron chi connectivity index (χ2n) is 7.66. The number of amides is 3. The molecule has 3 N–H and O–H groups in total. The van der Waals surface area contributed by atoms with E-state index < -0.39 is 10.0 Å². The molecule has 1 aliphatic heterocycles. The number of likely N-dealkylation sites (tertiary alicyclic amines) is 1. The number of carbonyl (C=O) groups is 2. The van der Waals surface area contributed by atoms with Crippen LogP contribution >= 0.6 is 0 Å². The second-order valence-corrected chi connectivity index (χ2v) is 9.47. The van der Waals surface area contributed by atoms with E-state index in [9.17, 15) is 18.0 Å². The van der Waals surface area contributed by atoms with Crippen LogP contribution in [0.2, 0.25) is 0 Å². The Labute approximate surface area is 188 Å². The molecule has 2 aromatic rings. The number of hydrogen-bond donors (Lipinski definition) is 3. The lowest BCUT2D eigenvalue weighted by atomic mass is 9.97. The average Bonchev–Trinajstić information content (AvgIpc) is 2.79. The number of nitrogens with zero attached hydrogens (tertiary/aromatic N) is 1. The highest BCUT2D eigenvalue weighted by molar-refractivity contribution is 7.88. The van der Waals surface area contributed by atoms with Crippen molar-refractivity contribution in [1.29, 1.82) is 0 Å². The van der Waals surface area contributed by atoms with E-state index >= 15 is 0 Å². The molecule has 1 aliphatic rings. The Hall–Kier alpha value is -3.17. The van der Waals surface area contributed by atoms with Crippen molar-refractivity contribution in [2.75, 3.05) is 30.3 Å². The fourth-order valence-electron chi connectivity index (χ4n) is 3.48. The molecule has 170 valence electrons. The van der Waals surface area contributed by atoms with Crippen molar-refractivity contribution in [3.05, 3.63) is 72.8 Å². The summed E-state index contributed by atoms with van der Waals surface area (Å²) in [5, 5.41) is 5.72. The second kappa shape index (κ2) is 10.9. The van der Waals surface area contributed by atoms with Gasteiger partial charge < -0.3 is 15.5 Å². The van der Waals surface area contributed by atoms with E-state index in [-0.39, 0.29) is 30.2 Å². The standard InChI is InChI=1S/C23H28N4O4S/c1-2-14-24-32(30,31)17-18-10-12-21(13-11-18)25-22(28)19-7-6-15-27(16-19)23(29)26-20-8-4-3-5-9-20/h2-5,8-13,19,24H,1,6-7,14-17H2,(H,25,28)(H,26,29). The first-order chi connectivity index (χ1) is 15.4. The third-order valence-electron chi connectivity index (χ3n) is 5.13. The number of urea groups is 1. The summed E-state index contributed by atoms with van der Waals surface area (Å²) in [7, 11) is -3.44. The van der Waals surface area contributed by atoms with Crippen LogP contribution in [-0.2, 0) is 20.6 Å². The molecule has 1 atom stereocenters. The van der Waals surface area contributed by atoms with Crippen LogP contribution < -0.4 is 15.4 Å². The van der Waals surface area contributed by atoms with Crippen molar-refractivity contribution >= 4 is 33.3 Å². The zero-order valence-electron chi connectivity index (χ0n) is 17.8. The number of hydrogen-bond acceptors (Lipinski definition) is 4. The van der Waals surface area contributed by atoms with Gasteiger partial charge in [0, 0.05) is 31.0 Å². The van der Waals surface area contributed by atoms with Gasteiger partial charge in [0.1, 0.15) is 0 Å². The van der Waals surface area contributed by atoms with E-state index in [4.69, 9.17) is 0 Å². The first kappa shape index (κ1) is 23.5. The molecule has 0 bridgehead atoms. The number of anilines is 2. The van der Waals surface area contributed by atoms with Crippen molar-refractivity contribution in [2.45, 2.75) is 18.6 Å². The van der Waals surface area contributed by atoms with Gasteiger partial charge in [0.2, 0.25) is 15.9 Å². The summed E-state index contributed by atoms with van der Waals surface area (Å²) in [4.78, 5) is 26.9. The van der Waals surface area contributed by atoms with Gasteiger partial charge in [-0.3, -0.25) is 4.79 Å². The quantitative estimate of drug-likeness (QED) is 0.530. The summed E-state index contributed by atoms with van der Waals surface area (Å²) in [5.74, 6) is -0.618. The van der Waals surface area contributed by atoms with Gasteiger partial charge in [-0.25, -0.2) is 17.9 Å². The van der Waals surface area contributed by atoms with Crippen LogP contribution in [-0.4, -0.2) is 44.9 Å². The maximum absolute atomic E-state index is 12.7. The summed E-state index contributed by atoms with van der Waals surface area (Å²) in [6.45, 7) is 4.61. The average molecular weight is 457 g/mol. The number of piperidine rings is 1. The van der Waals surface area contributed by atoms with Crippen molar-refractivity contribution in [2.24, 2.45) is 5.92 Å². The van der Waals surface area contributed by atoms with Crippen LogP contribution in [0, 0.1) is 5.92 Å². The molecule has 0 saturated carbocycles. The summed E-state index contributed by atoms with van der Waals surface area (Å²) < 4.78 is 26.3. The first-order valence-electron chi connectivity index (χ1n) is 10.5. The number of rotatable bonds is 8. The molecule has 3 rings (SSSR count). The zero-order valence-corrected chi connectivity index (χ0v) is 18.6. The molecule has 0 aromatic heterocycles. The van der Waals surface area contributed by atoms with E-state index in [0.29, 0.717) is 36.4 Å². The van der Waals surface area contributed by atoms with Gasteiger partial charge >= 0.3 is 6.03 Å². The summed E-state index contributed by atoms with van der Waals surface area (Å²) in [5.41, 5.74) is 1.91. The molecule has 32 heavy (non-hydrogen) atoms. The number of benzene rings is 2. The summed E-state index contributed by atoms with van der Waals surface area (Å²) in [6, 6.07) is 15.7. The molecule has 0 spiro atoms. The smallest absolute Gasteiger partial charge is 0.321 e. The number of para-hydroxylation sites is 1. The van der Waals surface area contributed by atoms with Crippen molar-refractivity contribution in [3.8, 4) is 0 Å². The Morgan fingerprint density at radius 3 is 2.41 bits per heavy atom. The Kier molecular flexibility index (Phi) is 8.02. The Bertz CT molecular complexity index is 1040. The largest absolute Gasteiger partial charge is 0.326 e. The third kappa shape index (κ3) is 6.93. The van der Waals surface area contributed by atoms with Gasteiger partial charge in [0.25, 0.3) is 0 Å². The highest BCUT2D eigenvalue weighted by Gasteiger charge is 2.28. The van der Waals surface area contributed by atoms with E-state index in [2.05, 4.69) is 21.9 Å². The fourth-order valence-corrected chi connectivity index (χ4v) is 4.59. The van der Waals surface area contributed by atoms with E-state index in [1.165, 1.54) is 6.08 Å². The lowest BCUT2D eigenvalue weighted by molar-refractivity contribution is -0.121. The summed E-state index contributed by atoms with van der Waals surface area (Å²) in [6.07, 6.45) is 2.93. The van der Waals surface area contributed by atoms with Crippen LogP contribution in [0.15, 0.2) is 67.3 Å². The Morgan fingerprint density at radius 1 is 1.03 bits per heavy atom. The van der Waals surface area contributed by atoms with Gasteiger partial charge in [-0.15, -0.1) is 6.58 Å². The van der Waals surface area contributed by atoms with E-state index in [0.717, 1.165) is 6.42 Å². The SMILES string of the molecule is C=CCNS(=O)(=O)Cc1ccc(NC(=O)C2CCCN(C(=O)Nc3ccccc3)C2)cc1. The van der Waals surface area contributed by atoms with Gasteiger partial charge in [0.15, 0.2) is 0 Å². The van der Waals surface area contributed by atoms with Gasteiger partial charge in [-0.1, -0.05) is 36.4 Å². The molecule has 3 amide bonds. The van der Waals surface area contributed by atoms with E-state index in [1.54, 1.807) is 29.2 Å². The summed E-state index contributed by atoms with van der Waals surface area (Å²) >= 11 is 0. The molecule has 1 saturated heterocycles. The molecular formula is C23H28N4O4S. The van der Waals surface area contributed by atoms with Crippen LogP contribution in [0.3, 0.4) is 0 Å². The van der Waals surface area contributed by atoms with E-state index in [1.807, 2.05) is 30.3 Å². The minimum Gasteiger partial charge on any atom is -0.326 e. The zero-order chi connectivity index (χ0) is 23.0. The minimum atomic E-state index is -3.44. The van der Waals surface area contributed by atoms with Crippen molar-refractivity contribution in [3.63, 3.8) is 0 Å². The predicted octanol–water partition coefficient (Wildman–Crippen LogP) is 3.17. The lowest BCUT2D eigenvalue weighted by Gasteiger charge is -2.32. The fraction of sp³-hybridized carbons (Fsp3) is 0.304. The number of nitrogens with one attached hydrogen (secondary N) is 3. The van der Waals surface area contributed by atoms with Crippen LogP contribution in [0.5, 0.6) is 0 Å². The maximum atomic E-state index is 12.7. The first-order valence-corrected chi connectivity index (χ1v) is 12.1. The minimum absolute atomic E-state index is 0.150. The van der Waals surface area contributed by atoms with Crippen molar-refractivity contribution in [1.82, 2.24) is 9.62 Å². The Balaban J connectivity index is 1.53. The number of sulfonamides is 1. The highest BCUT2D eigenvalue weighted by atomic mass is 32.2. The molecule has 0 radical (unpaired) electrons. The molecule has 9 heteroatoms. The molecule has 1 unspecified atom stereocenters. The van der Waals surface area contributed by atoms with Crippen molar-refractivity contribution < 1.29 is 18.0 Å². The molecule has 1 heterocycles. The van der Waals surface area contributed by atoms with Gasteiger partial charge in [0.05, 0.1) is 11.7 Å². The lowest BCUT2D eigenvalue weighted by Crippen LogP contribution is -2.45. The number of carbonyl (C=O) groups excluding carboxylic acids is 2. The molecule has 1 fully saturated rings. The van der Waals surface area contributed by atoms with Crippen LogP contribution in [0.1, 0.15) is 18.4 Å². The van der Waals surface area contributed by atoms with Gasteiger partial charge in [-0.05, 0) is 42.7 Å². The maximum Gasteiger partial charge on any atom is 0.321 e. The normalized spacial score (nSPS) is 16.2. The topological polar surface area (TPSA) is 108 Å². The highest BCUT2D eigenvalue weighted by Crippen LogP contribution is 2.20. The van der Waals surface area contributed by atoms with Crippen LogP contribution in [0.4, 0.5) is 16.2 Å². The van der Waals surface area contributed by atoms with Crippen LogP contribution in [0.25, 0.3) is 0 Å². The molecular weight excluding hydrogens is 428 g/mol. The third-order valence-corrected chi connectivity index (χ3v) is 6.45. The van der Waals surface area contributed by atoms with Gasteiger partial charge in [-0.2, -0.15) is 0 Å². The molecule has 0 aliphatic carbocycles. The monoisotopic (exact) mass is 456 g/mol. The molecule has 8 nitrogen and oxygen atoms in total. The Morgan fingerprint density at radius 2 is 1.72 bits per heavy atom.